The number of nitro benzene ring substituents is 1. The molecule has 2 aromatic rings. The minimum Gasteiger partial charge on any atom is -0.465 e. The van der Waals surface area contributed by atoms with E-state index in [0.29, 0.717) is 17.7 Å². The van der Waals surface area contributed by atoms with Gasteiger partial charge >= 0.3 is 11.9 Å². The first-order chi connectivity index (χ1) is 12.8. The number of hydrogen-bond acceptors (Lipinski definition) is 6. The Kier molecular flexibility index (Phi) is 6.53. The van der Waals surface area contributed by atoms with E-state index in [2.05, 4.69) is 0 Å². The summed E-state index contributed by atoms with van der Waals surface area (Å²) in [6.07, 6.45) is 0. The first-order valence-corrected chi connectivity index (χ1v) is 7.85. The van der Waals surface area contributed by atoms with Crippen LogP contribution in [0.25, 0.3) is 0 Å². The van der Waals surface area contributed by atoms with Crippen LogP contribution in [0.3, 0.4) is 0 Å². The summed E-state index contributed by atoms with van der Waals surface area (Å²) in [5, 5.41) is 10.7. The summed E-state index contributed by atoms with van der Waals surface area (Å²) in [6.45, 7) is 1.08. The Labute approximate surface area is 152 Å². The molecule has 0 aromatic heterocycles. The van der Waals surface area contributed by atoms with Crippen LogP contribution in [0.1, 0.15) is 24.0 Å². The van der Waals surface area contributed by atoms with E-state index in [0.717, 1.165) is 0 Å². The molecule has 27 heavy (non-hydrogen) atoms. The number of ether oxygens (including phenoxy) is 2. The predicted molar refractivity (Wildman–Crippen MR) is 88.6 cm³/mol. The van der Waals surface area contributed by atoms with Gasteiger partial charge in [0.25, 0.3) is 5.69 Å². The van der Waals surface area contributed by atoms with E-state index in [4.69, 9.17) is 9.47 Å². The van der Waals surface area contributed by atoms with E-state index >= 15 is 0 Å². The van der Waals surface area contributed by atoms with E-state index in [1.165, 1.54) is 6.92 Å². The second kappa shape index (κ2) is 8.84. The van der Waals surface area contributed by atoms with Crippen LogP contribution in [0, 0.1) is 21.7 Å². The van der Waals surface area contributed by atoms with Crippen molar-refractivity contribution in [2.75, 3.05) is 6.61 Å². The van der Waals surface area contributed by atoms with Crippen molar-refractivity contribution in [1.29, 1.82) is 0 Å². The second-order valence-corrected chi connectivity index (χ2v) is 5.36. The molecule has 0 aliphatic carbocycles. The first-order valence-electron chi connectivity index (χ1n) is 7.85. The van der Waals surface area contributed by atoms with Gasteiger partial charge in [-0.3, -0.25) is 19.7 Å². The summed E-state index contributed by atoms with van der Waals surface area (Å²) >= 11 is 0. The summed E-state index contributed by atoms with van der Waals surface area (Å²) in [4.78, 5) is 34.2. The van der Waals surface area contributed by atoms with Gasteiger partial charge in [-0.15, -0.1) is 0 Å². The molecular formula is C18H15F2NO6. The highest BCUT2D eigenvalue weighted by Gasteiger charge is 2.37. The molecule has 1 unspecified atom stereocenters. The molecular weight excluding hydrogens is 364 g/mol. The highest BCUT2D eigenvalue weighted by molar-refractivity contribution is 6.01. The van der Waals surface area contributed by atoms with Gasteiger partial charge in [0.1, 0.15) is 18.2 Å². The molecule has 0 fully saturated rings. The molecule has 0 aliphatic rings. The number of benzene rings is 2. The third-order valence-electron chi connectivity index (χ3n) is 3.55. The van der Waals surface area contributed by atoms with Crippen molar-refractivity contribution in [3.63, 3.8) is 0 Å². The maximum atomic E-state index is 14.3. The molecule has 2 aromatic carbocycles. The molecule has 142 valence electrons. The lowest BCUT2D eigenvalue weighted by atomic mass is 9.97. The molecule has 0 amide bonds. The number of nitrogens with zero attached hydrogens (tertiary/aromatic N) is 1. The van der Waals surface area contributed by atoms with Gasteiger partial charge < -0.3 is 9.47 Å². The van der Waals surface area contributed by atoms with Gasteiger partial charge in [-0.1, -0.05) is 30.3 Å². The third-order valence-corrected chi connectivity index (χ3v) is 3.55. The number of hydrogen-bond donors (Lipinski definition) is 0. The van der Waals surface area contributed by atoms with Gasteiger partial charge in [0.15, 0.2) is 5.92 Å². The van der Waals surface area contributed by atoms with Gasteiger partial charge in [-0.2, -0.15) is 0 Å². The van der Waals surface area contributed by atoms with Crippen molar-refractivity contribution in [3.8, 4) is 0 Å². The molecule has 2 rings (SSSR count). The van der Waals surface area contributed by atoms with Crippen LogP contribution >= 0.6 is 0 Å². The molecule has 0 N–H and O–H groups in total. The number of carbonyl (C=O) groups excluding carboxylic acids is 2. The Morgan fingerprint density at radius 1 is 1.07 bits per heavy atom. The maximum absolute atomic E-state index is 14.3. The Morgan fingerprint density at radius 2 is 1.63 bits per heavy atom. The molecule has 0 saturated carbocycles. The number of non-ortho nitro benzene ring substituents is 1. The smallest absolute Gasteiger partial charge is 0.325 e. The summed E-state index contributed by atoms with van der Waals surface area (Å²) in [7, 11) is 0. The molecule has 0 saturated heterocycles. The van der Waals surface area contributed by atoms with Crippen LogP contribution < -0.4 is 0 Å². The van der Waals surface area contributed by atoms with Crippen LogP contribution in [-0.4, -0.2) is 23.5 Å². The molecule has 0 radical (unpaired) electrons. The topological polar surface area (TPSA) is 95.7 Å². The van der Waals surface area contributed by atoms with Crippen LogP contribution in [0.5, 0.6) is 0 Å². The fourth-order valence-electron chi connectivity index (χ4n) is 2.32. The monoisotopic (exact) mass is 379 g/mol. The van der Waals surface area contributed by atoms with E-state index in [1.807, 2.05) is 0 Å². The van der Waals surface area contributed by atoms with Gasteiger partial charge in [0.05, 0.1) is 23.7 Å². The average Bonchev–Trinajstić information content (AvgIpc) is 2.63. The van der Waals surface area contributed by atoms with Crippen LogP contribution in [0.4, 0.5) is 14.5 Å². The van der Waals surface area contributed by atoms with Crippen molar-refractivity contribution < 1.29 is 32.8 Å². The molecule has 7 nitrogen and oxygen atoms in total. The third kappa shape index (κ3) is 4.84. The minimum atomic E-state index is -2.05. The lowest BCUT2D eigenvalue weighted by Gasteiger charge is -2.16. The molecule has 9 heteroatoms. The summed E-state index contributed by atoms with van der Waals surface area (Å²) in [5.41, 5.74) is -1.22. The number of halogens is 2. The summed E-state index contributed by atoms with van der Waals surface area (Å²) in [5.74, 6) is -7.34. The minimum absolute atomic E-state index is 0.141. The van der Waals surface area contributed by atoms with Crippen molar-refractivity contribution in [2.45, 2.75) is 19.4 Å². The fourth-order valence-corrected chi connectivity index (χ4v) is 2.32. The lowest BCUT2D eigenvalue weighted by Crippen LogP contribution is -2.28. The number of carbonyl (C=O) groups is 2. The van der Waals surface area contributed by atoms with E-state index in [1.54, 1.807) is 30.3 Å². The Hall–Kier alpha value is -3.36. The summed E-state index contributed by atoms with van der Waals surface area (Å²) in [6, 6.07) is 9.29. The lowest BCUT2D eigenvalue weighted by molar-refractivity contribution is -0.385. The fraction of sp³-hybridized carbons (Fsp3) is 0.222. The zero-order valence-electron chi connectivity index (χ0n) is 14.2. The van der Waals surface area contributed by atoms with Gasteiger partial charge in [0.2, 0.25) is 0 Å². The normalized spacial score (nSPS) is 11.5. The van der Waals surface area contributed by atoms with E-state index in [9.17, 15) is 28.5 Å². The zero-order chi connectivity index (χ0) is 20.0. The maximum Gasteiger partial charge on any atom is 0.325 e. The number of nitro groups is 1. The van der Waals surface area contributed by atoms with Crippen molar-refractivity contribution in [1.82, 2.24) is 0 Å². The van der Waals surface area contributed by atoms with E-state index < -0.39 is 45.7 Å². The highest BCUT2D eigenvalue weighted by Crippen LogP contribution is 2.29. The number of rotatable bonds is 7. The Balaban J connectivity index is 2.36. The SMILES string of the molecule is CCOC(=O)C(C(=O)OCc1ccccc1)c1c(F)cc([N+](=O)[O-])cc1F. The van der Waals surface area contributed by atoms with Gasteiger partial charge in [0, 0.05) is 5.56 Å². The summed E-state index contributed by atoms with van der Waals surface area (Å²) < 4.78 is 38.3. The molecule has 0 aliphatic heterocycles. The molecule has 0 spiro atoms. The van der Waals surface area contributed by atoms with Gasteiger partial charge in [-0.25, -0.2) is 8.78 Å². The van der Waals surface area contributed by atoms with Crippen molar-refractivity contribution in [2.24, 2.45) is 0 Å². The van der Waals surface area contributed by atoms with Crippen LogP contribution in [-0.2, 0) is 25.7 Å². The van der Waals surface area contributed by atoms with E-state index in [-0.39, 0.29) is 13.2 Å². The standard InChI is InChI=1S/C18H15F2NO6/c1-2-26-17(22)16(18(23)27-10-11-6-4-3-5-7-11)15-13(19)8-12(21(24)25)9-14(15)20/h3-9,16H,2,10H2,1H3. The molecule has 1 atom stereocenters. The average molecular weight is 379 g/mol. The zero-order valence-corrected chi connectivity index (χ0v) is 14.2. The van der Waals surface area contributed by atoms with Crippen molar-refractivity contribution in [3.05, 3.63) is 75.3 Å². The number of esters is 2. The first kappa shape index (κ1) is 20.0. The highest BCUT2D eigenvalue weighted by atomic mass is 19.1. The van der Waals surface area contributed by atoms with Crippen LogP contribution in [0.15, 0.2) is 42.5 Å². The predicted octanol–water partition coefficient (Wildman–Crippen LogP) is 3.26. The van der Waals surface area contributed by atoms with Gasteiger partial charge in [-0.05, 0) is 12.5 Å². The second-order valence-electron chi connectivity index (χ2n) is 5.36. The van der Waals surface area contributed by atoms with Crippen LogP contribution in [0.2, 0.25) is 0 Å². The quantitative estimate of drug-likeness (QED) is 0.317. The Bertz CT molecular complexity index is 833. The molecule has 0 bridgehead atoms. The molecule has 0 heterocycles. The van der Waals surface area contributed by atoms with Crippen molar-refractivity contribution >= 4 is 17.6 Å². The Morgan fingerprint density at radius 3 is 2.15 bits per heavy atom. The largest absolute Gasteiger partial charge is 0.465 e.